The van der Waals surface area contributed by atoms with Crippen LogP contribution in [0.5, 0.6) is 0 Å². The first kappa shape index (κ1) is 14.0. The first-order valence-electron chi connectivity index (χ1n) is 6.33. The zero-order valence-corrected chi connectivity index (χ0v) is 11.1. The van der Waals surface area contributed by atoms with Crippen LogP contribution in [0.2, 0.25) is 0 Å². The van der Waals surface area contributed by atoms with Crippen LogP contribution in [0.3, 0.4) is 0 Å². The third kappa shape index (κ3) is 4.75. The Labute approximate surface area is 105 Å². The van der Waals surface area contributed by atoms with Crippen LogP contribution in [0.25, 0.3) is 0 Å². The van der Waals surface area contributed by atoms with Crippen molar-refractivity contribution in [3.05, 3.63) is 29.8 Å². The summed E-state index contributed by atoms with van der Waals surface area (Å²) in [5, 5.41) is 0. The highest BCUT2D eigenvalue weighted by atomic mass is 16.5. The summed E-state index contributed by atoms with van der Waals surface area (Å²) >= 11 is 0. The van der Waals surface area contributed by atoms with Crippen LogP contribution in [-0.2, 0) is 11.3 Å². The molecule has 1 aromatic carbocycles. The molecule has 2 N–H and O–H groups in total. The molecule has 0 aliphatic carbocycles. The van der Waals surface area contributed by atoms with Crippen molar-refractivity contribution >= 4 is 5.69 Å². The molecule has 0 heterocycles. The largest absolute Gasteiger partial charge is 0.377 e. The molecular weight excluding hydrogens is 212 g/mol. The zero-order valence-electron chi connectivity index (χ0n) is 11.1. The van der Waals surface area contributed by atoms with Crippen molar-refractivity contribution in [1.82, 2.24) is 0 Å². The monoisotopic (exact) mass is 236 g/mol. The van der Waals surface area contributed by atoms with Crippen LogP contribution in [0, 0.1) is 0 Å². The second kappa shape index (κ2) is 7.30. The van der Waals surface area contributed by atoms with E-state index in [0.29, 0.717) is 12.6 Å². The highest BCUT2D eigenvalue weighted by Crippen LogP contribution is 2.14. The van der Waals surface area contributed by atoms with Gasteiger partial charge < -0.3 is 15.4 Å². The number of hydrogen-bond donors (Lipinski definition) is 1. The van der Waals surface area contributed by atoms with Crippen molar-refractivity contribution in [2.24, 2.45) is 5.73 Å². The molecule has 1 aromatic rings. The van der Waals surface area contributed by atoms with E-state index < -0.39 is 0 Å². The number of ether oxygens (including phenoxy) is 1. The van der Waals surface area contributed by atoms with Gasteiger partial charge >= 0.3 is 0 Å². The maximum absolute atomic E-state index is 5.59. The van der Waals surface area contributed by atoms with E-state index in [1.807, 2.05) is 0 Å². The summed E-state index contributed by atoms with van der Waals surface area (Å²) in [7, 11) is 0. The molecule has 0 amide bonds. The minimum Gasteiger partial charge on any atom is -0.377 e. The minimum atomic E-state index is 0.299. The molecule has 0 radical (unpaired) electrons. The van der Waals surface area contributed by atoms with Crippen molar-refractivity contribution in [2.75, 3.05) is 24.6 Å². The highest BCUT2D eigenvalue weighted by molar-refractivity contribution is 5.47. The lowest BCUT2D eigenvalue weighted by molar-refractivity contribution is 0.0842. The molecule has 0 unspecified atom stereocenters. The first-order chi connectivity index (χ1) is 8.17. The summed E-state index contributed by atoms with van der Waals surface area (Å²) in [5.41, 5.74) is 7.99. The summed E-state index contributed by atoms with van der Waals surface area (Å²) < 4.78 is 5.58. The van der Waals surface area contributed by atoms with Gasteiger partial charge in [0.2, 0.25) is 0 Å². The smallest absolute Gasteiger partial charge is 0.0645 e. The van der Waals surface area contributed by atoms with Crippen LogP contribution < -0.4 is 10.6 Å². The number of anilines is 1. The molecule has 96 valence electrons. The van der Waals surface area contributed by atoms with Gasteiger partial charge in [0.15, 0.2) is 0 Å². The molecule has 0 aliphatic rings. The number of likely N-dealkylation sites (N-methyl/N-ethyl adjacent to an activating group) is 1. The Morgan fingerprint density at radius 1 is 1.24 bits per heavy atom. The van der Waals surface area contributed by atoms with Gasteiger partial charge in [-0.25, -0.2) is 0 Å². The van der Waals surface area contributed by atoms with Gasteiger partial charge in [0.25, 0.3) is 0 Å². The summed E-state index contributed by atoms with van der Waals surface area (Å²) in [6.45, 7) is 9.57. The molecule has 3 heteroatoms. The number of benzene rings is 1. The van der Waals surface area contributed by atoms with Crippen LogP contribution in [0.1, 0.15) is 26.3 Å². The maximum atomic E-state index is 5.59. The van der Waals surface area contributed by atoms with Crippen molar-refractivity contribution in [3.63, 3.8) is 0 Å². The normalized spacial score (nSPS) is 10.9. The lowest BCUT2D eigenvalue weighted by Crippen LogP contribution is -2.28. The topological polar surface area (TPSA) is 38.5 Å². The fraction of sp³-hybridized carbons (Fsp3) is 0.571. The van der Waals surface area contributed by atoms with E-state index >= 15 is 0 Å². The summed E-state index contributed by atoms with van der Waals surface area (Å²) in [6.07, 6.45) is 0.299. The third-order valence-corrected chi connectivity index (χ3v) is 2.73. The van der Waals surface area contributed by atoms with Crippen LogP contribution in [-0.4, -0.2) is 25.8 Å². The molecule has 0 saturated heterocycles. The Hall–Kier alpha value is -1.06. The quantitative estimate of drug-likeness (QED) is 0.790. The van der Waals surface area contributed by atoms with E-state index in [0.717, 1.165) is 19.7 Å². The van der Waals surface area contributed by atoms with Gasteiger partial charge in [0, 0.05) is 25.3 Å². The van der Waals surface area contributed by atoms with Crippen molar-refractivity contribution in [2.45, 2.75) is 33.4 Å². The predicted octanol–water partition coefficient (Wildman–Crippen LogP) is 2.40. The molecule has 0 aliphatic heterocycles. The number of hydrogen-bond acceptors (Lipinski definition) is 3. The summed E-state index contributed by atoms with van der Waals surface area (Å²) in [6, 6.07) is 8.42. The molecule has 3 nitrogen and oxygen atoms in total. The number of nitrogens with zero attached hydrogens (tertiary/aromatic N) is 1. The van der Waals surface area contributed by atoms with Crippen LogP contribution >= 0.6 is 0 Å². The average molecular weight is 236 g/mol. The molecule has 0 spiro atoms. The SMILES string of the molecule is CCN(CCOC(C)C)c1ccc(CN)cc1. The van der Waals surface area contributed by atoms with Crippen LogP contribution in [0.15, 0.2) is 24.3 Å². The van der Waals surface area contributed by atoms with Gasteiger partial charge in [-0.15, -0.1) is 0 Å². The summed E-state index contributed by atoms with van der Waals surface area (Å²) in [5.74, 6) is 0. The van der Waals surface area contributed by atoms with Gasteiger partial charge in [-0.1, -0.05) is 12.1 Å². The standard InChI is InChI=1S/C14H24N2O/c1-4-16(9-10-17-12(2)3)14-7-5-13(11-15)6-8-14/h5-8,12H,4,9-11,15H2,1-3H3. The molecule has 0 bridgehead atoms. The molecular formula is C14H24N2O. The number of rotatable bonds is 7. The Kier molecular flexibility index (Phi) is 6.01. The molecule has 1 rings (SSSR count). The van der Waals surface area contributed by atoms with Crippen molar-refractivity contribution in [1.29, 1.82) is 0 Å². The first-order valence-corrected chi connectivity index (χ1v) is 6.33. The second-order valence-corrected chi connectivity index (χ2v) is 4.37. The van der Waals surface area contributed by atoms with Gasteiger partial charge in [0.05, 0.1) is 12.7 Å². The fourth-order valence-electron chi connectivity index (χ4n) is 1.71. The van der Waals surface area contributed by atoms with Crippen LogP contribution in [0.4, 0.5) is 5.69 Å². The average Bonchev–Trinajstić information content (AvgIpc) is 2.34. The molecule has 0 atom stereocenters. The Bertz CT molecular complexity index is 309. The van der Waals surface area contributed by atoms with E-state index in [9.17, 15) is 0 Å². The van der Waals surface area contributed by atoms with Crippen molar-refractivity contribution in [3.8, 4) is 0 Å². The van der Waals surface area contributed by atoms with E-state index in [-0.39, 0.29) is 0 Å². The minimum absolute atomic E-state index is 0.299. The third-order valence-electron chi connectivity index (χ3n) is 2.73. The van der Waals surface area contributed by atoms with E-state index in [4.69, 9.17) is 10.5 Å². The lowest BCUT2D eigenvalue weighted by Gasteiger charge is -2.23. The summed E-state index contributed by atoms with van der Waals surface area (Å²) in [4.78, 5) is 2.31. The highest BCUT2D eigenvalue weighted by Gasteiger charge is 2.04. The Balaban J connectivity index is 2.53. The van der Waals surface area contributed by atoms with Gasteiger partial charge in [-0.05, 0) is 38.5 Å². The Morgan fingerprint density at radius 2 is 1.88 bits per heavy atom. The molecule has 17 heavy (non-hydrogen) atoms. The lowest BCUT2D eigenvalue weighted by atomic mass is 10.2. The van der Waals surface area contributed by atoms with Gasteiger partial charge in [-0.2, -0.15) is 0 Å². The van der Waals surface area contributed by atoms with Crippen molar-refractivity contribution < 1.29 is 4.74 Å². The van der Waals surface area contributed by atoms with Gasteiger partial charge in [-0.3, -0.25) is 0 Å². The predicted molar refractivity (Wildman–Crippen MR) is 73.3 cm³/mol. The van der Waals surface area contributed by atoms with E-state index in [1.54, 1.807) is 0 Å². The van der Waals surface area contributed by atoms with E-state index in [2.05, 4.69) is 49.9 Å². The fourth-order valence-corrected chi connectivity index (χ4v) is 1.71. The maximum Gasteiger partial charge on any atom is 0.0645 e. The molecule has 0 saturated carbocycles. The molecule has 0 fully saturated rings. The van der Waals surface area contributed by atoms with Gasteiger partial charge in [0.1, 0.15) is 0 Å². The Morgan fingerprint density at radius 3 is 2.35 bits per heavy atom. The molecule has 0 aromatic heterocycles. The van der Waals surface area contributed by atoms with E-state index in [1.165, 1.54) is 11.3 Å². The zero-order chi connectivity index (χ0) is 12.7. The second-order valence-electron chi connectivity index (χ2n) is 4.37. The number of nitrogens with two attached hydrogens (primary N) is 1.